The van der Waals surface area contributed by atoms with E-state index in [4.69, 9.17) is 0 Å². The lowest BCUT2D eigenvalue weighted by Crippen LogP contribution is -2.46. The van der Waals surface area contributed by atoms with Crippen molar-refractivity contribution in [2.75, 3.05) is 25.5 Å². The Morgan fingerprint density at radius 2 is 1.96 bits per heavy atom. The summed E-state index contributed by atoms with van der Waals surface area (Å²) in [6.07, 6.45) is 2.95. The van der Waals surface area contributed by atoms with Gasteiger partial charge in [-0.15, -0.1) is 11.3 Å². The number of carbonyl (C=O) groups excluding carboxylic acids is 2. The topological polar surface area (TPSA) is 85.2 Å². The number of carbonyl (C=O) groups is 2. The van der Waals surface area contributed by atoms with Gasteiger partial charge in [-0.25, -0.2) is 0 Å². The van der Waals surface area contributed by atoms with E-state index in [1.54, 1.807) is 11.9 Å². The molecule has 0 fully saturated rings. The van der Waals surface area contributed by atoms with Gasteiger partial charge in [-0.05, 0) is 58.6 Å². The van der Waals surface area contributed by atoms with Gasteiger partial charge < -0.3 is 10.6 Å². The van der Waals surface area contributed by atoms with Crippen LogP contribution in [0, 0.1) is 17.2 Å². The van der Waals surface area contributed by atoms with Crippen molar-refractivity contribution in [2.24, 2.45) is 5.92 Å². The third-order valence-corrected chi connectivity index (χ3v) is 5.39. The Bertz CT molecular complexity index is 727. The predicted molar refractivity (Wildman–Crippen MR) is 104 cm³/mol. The summed E-state index contributed by atoms with van der Waals surface area (Å²) in [5, 5.41) is 15.9. The van der Waals surface area contributed by atoms with E-state index in [1.807, 2.05) is 20.8 Å². The Balaban J connectivity index is 1.96. The smallest absolute Gasteiger partial charge is 0.239 e. The van der Waals surface area contributed by atoms with E-state index >= 15 is 0 Å². The first kappa shape index (κ1) is 20.4. The summed E-state index contributed by atoms with van der Waals surface area (Å²) in [6.45, 7) is 8.21. The van der Waals surface area contributed by atoms with Crippen molar-refractivity contribution >= 4 is 28.2 Å². The third kappa shape index (κ3) is 5.55. The van der Waals surface area contributed by atoms with Gasteiger partial charge in [0.1, 0.15) is 11.1 Å². The van der Waals surface area contributed by atoms with Gasteiger partial charge in [0.25, 0.3) is 0 Å². The van der Waals surface area contributed by atoms with Gasteiger partial charge in [-0.2, -0.15) is 5.26 Å². The van der Waals surface area contributed by atoms with Crippen molar-refractivity contribution in [1.82, 2.24) is 10.2 Å². The third-order valence-electron chi connectivity index (χ3n) is 4.22. The van der Waals surface area contributed by atoms with Gasteiger partial charge in [-0.1, -0.05) is 6.92 Å². The summed E-state index contributed by atoms with van der Waals surface area (Å²) in [5.41, 5.74) is 1.41. The number of fused-ring (bicyclic) bond motifs is 1. The quantitative estimate of drug-likeness (QED) is 0.827. The van der Waals surface area contributed by atoms with E-state index in [9.17, 15) is 14.9 Å². The molecule has 0 spiro atoms. The zero-order valence-electron chi connectivity index (χ0n) is 16.2. The largest absolute Gasteiger partial charge is 0.350 e. The van der Waals surface area contributed by atoms with Crippen LogP contribution in [0.4, 0.5) is 5.00 Å². The number of nitriles is 1. The Hall–Kier alpha value is -1.91. The first-order chi connectivity index (χ1) is 12.1. The minimum atomic E-state index is -0.297. The minimum absolute atomic E-state index is 0.0986. The lowest BCUT2D eigenvalue weighted by Gasteiger charge is -2.23. The van der Waals surface area contributed by atoms with Crippen LogP contribution in [0.1, 0.15) is 50.1 Å². The molecule has 0 aliphatic heterocycles. The maximum atomic E-state index is 12.3. The van der Waals surface area contributed by atoms with Gasteiger partial charge in [0.05, 0.1) is 18.7 Å². The van der Waals surface area contributed by atoms with Crippen molar-refractivity contribution in [3.63, 3.8) is 0 Å². The van der Waals surface area contributed by atoms with Crippen molar-refractivity contribution in [3.05, 3.63) is 16.0 Å². The molecule has 2 N–H and O–H groups in total. The second kappa shape index (κ2) is 8.19. The molecule has 7 heteroatoms. The summed E-state index contributed by atoms with van der Waals surface area (Å²) in [4.78, 5) is 27.2. The zero-order valence-corrected chi connectivity index (χ0v) is 17.0. The molecule has 26 heavy (non-hydrogen) atoms. The van der Waals surface area contributed by atoms with Crippen LogP contribution in [0.5, 0.6) is 0 Å². The van der Waals surface area contributed by atoms with Crippen molar-refractivity contribution in [1.29, 1.82) is 5.26 Å². The average Bonchev–Trinajstić information content (AvgIpc) is 2.80. The molecule has 0 bridgehead atoms. The number of amides is 2. The molecule has 0 saturated heterocycles. The standard InChI is InChI=1S/C19H28N4O2S/c1-12-6-7-13-14(9-20)18(26-15(13)8-12)21-16(24)10-23(5)11-17(25)22-19(2,3)4/h12H,6-8,10-11H2,1-5H3,(H,21,24)(H,22,25)/t12-/m0/s1. The molecule has 1 aromatic heterocycles. The molecule has 1 aromatic rings. The van der Waals surface area contributed by atoms with Gasteiger partial charge >= 0.3 is 0 Å². The lowest BCUT2D eigenvalue weighted by atomic mass is 9.89. The molecule has 2 amide bonds. The fourth-order valence-corrected chi connectivity index (χ4v) is 4.50. The predicted octanol–water partition coefficient (Wildman–Crippen LogP) is 2.53. The molecule has 1 aliphatic rings. The lowest BCUT2D eigenvalue weighted by molar-refractivity contribution is -0.124. The Labute approximate surface area is 159 Å². The highest BCUT2D eigenvalue weighted by atomic mass is 32.1. The van der Waals surface area contributed by atoms with E-state index in [0.29, 0.717) is 16.5 Å². The fourth-order valence-electron chi connectivity index (χ4n) is 3.13. The van der Waals surface area contributed by atoms with Crippen LogP contribution in [0.2, 0.25) is 0 Å². The maximum Gasteiger partial charge on any atom is 0.239 e. The van der Waals surface area contributed by atoms with Crippen LogP contribution < -0.4 is 10.6 Å². The Morgan fingerprint density at radius 3 is 2.58 bits per heavy atom. The molecular formula is C19H28N4O2S. The molecule has 1 aliphatic carbocycles. The van der Waals surface area contributed by atoms with Crippen molar-refractivity contribution in [2.45, 2.75) is 52.5 Å². The van der Waals surface area contributed by atoms with Gasteiger partial charge in [-0.3, -0.25) is 14.5 Å². The van der Waals surface area contributed by atoms with Crippen LogP contribution in [0.25, 0.3) is 0 Å². The zero-order chi connectivity index (χ0) is 19.5. The summed E-state index contributed by atoms with van der Waals surface area (Å²) >= 11 is 1.52. The molecule has 1 heterocycles. The summed E-state index contributed by atoms with van der Waals surface area (Å²) in [6, 6.07) is 2.25. The van der Waals surface area contributed by atoms with E-state index in [-0.39, 0.29) is 30.4 Å². The highest BCUT2D eigenvalue weighted by molar-refractivity contribution is 7.16. The minimum Gasteiger partial charge on any atom is -0.350 e. The summed E-state index contributed by atoms with van der Waals surface area (Å²) in [7, 11) is 1.73. The first-order valence-electron chi connectivity index (χ1n) is 8.93. The van der Waals surface area contributed by atoms with E-state index in [1.165, 1.54) is 16.2 Å². The molecule has 0 saturated carbocycles. The molecule has 6 nitrogen and oxygen atoms in total. The van der Waals surface area contributed by atoms with E-state index in [2.05, 4.69) is 23.6 Å². The number of hydrogen-bond acceptors (Lipinski definition) is 5. The summed E-state index contributed by atoms with van der Waals surface area (Å²) < 4.78 is 0. The number of thiophene rings is 1. The normalized spacial score (nSPS) is 16.7. The number of anilines is 1. The van der Waals surface area contributed by atoms with Crippen LogP contribution >= 0.6 is 11.3 Å². The second-order valence-corrected chi connectivity index (χ2v) is 9.29. The van der Waals surface area contributed by atoms with Crippen LogP contribution in [0.3, 0.4) is 0 Å². The van der Waals surface area contributed by atoms with Crippen LogP contribution in [-0.2, 0) is 22.4 Å². The molecule has 0 radical (unpaired) electrons. The molecule has 2 rings (SSSR count). The Kier molecular flexibility index (Phi) is 6.43. The van der Waals surface area contributed by atoms with Gasteiger partial charge in [0.15, 0.2) is 0 Å². The number of rotatable bonds is 5. The number of likely N-dealkylation sites (N-methyl/N-ethyl adjacent to an activating group) is 1. The molecule has 1 atom stereocenters. The van der Waals surface area contributed by atoms with Gasteiger partial charge in [0.2, 0.25) is 11.8 Å². The molecule has 142 valence electrons. The SMILES string of the molecule is C[C@H]1CCc2c(sc(NC(=O)CN(C)CC(=O)NC(C)(C)C)c2C#N)C1. The van der Waals surface area contributed by atoms with Crippen molar-refractivity contribution in [3.8, 4) is 6.07 Å². The Morgan fingerprint density at radius 1 is 1.31 bits per heavy atom. The number of nitrogens with zero attached hydrogens (tertiary/aromatic N) is 2. The van der Waals surface area contributed by atoms with Crippen molar-refractivity contribution < 1.29 is 9.59 Å². The van der Waals surface area contributed by atoms with Gasteiger partial charge in [0, 0.05) is 10.4 Å². The van der Waals surface area contributed by atoms with Crippen LogP contribution in [-0.4, -0.2) is 42.4 Å². The fraction of sp³-hybridized carbons (Fsp3) is 0.632. The highest BCUT2D eigenvalue weighted by Gasteiger charge is 2.25. The molecule has 0 unspecified atom stereocenters. The first-order valence-corrected chi connectivity index (χ1v) is 9.74. The van der Waals surface area contributed by atoms with E-state index < -0.39 is 0 Å². The number of nitrogens with one attached hydrogen (secondary N) is 2. The monoisotopic (exact) mass is 376 g/mol. The average molecular weight is 377 g/mol. The second-order valence-electron chi connectivity index (χ2n) is 8.19. The highest BCUT2D eigenvalue weighted by Crippen LogP contribution is 2.39. The number of hydrogen-bond donors (Lipinski definition) is 2. The summed E-state index contributed by atoms with van der Waals surface area (Å²) in [5.74, 6) is 0.286. The maximum absolute atomic E-state index is 12.3. The van der Waals surface area contributed by atoms with Crippen LogP contribution in [0.15, 0.2) is 0 Å². The molecule has 0 aromatic carbocycles. The molecular weight excluding hydrogens is 348 g/mol. The van der Waals surface area contributed by atoms with E-state index in [0.717, 1.165) is 24.8 Å².